The number of nitrogens with zero attached hydrogens (tertiary/aromatic N) is 1. The molecule has 1 N–H and O–H groups in total. The van der Waals surface area contributed by atoms with Crippen LogP contribution >= 0.6 is 0 Å². The first-order valence-corrected chi connectivity index (χ1v) is 8.34. The van der Waals surface area contributed by atoms with Crippen LogP contribution in [0.3, 0.4) is 0 Å². The number of amides is 1. The molecule has 0 aliphatic carbocycles. The largest absolute Gasteiger partial charge is 0.483 e. The Kier molecular flexibility index (Phi) is 5.31. The Bertz CT molecular complexity index is 870. The standard InChI is InChI=1S/C21H21NO3/c1-2-22(19-12-7-10-16-8-3-5-11-18(16)19)21(24)15-25-20-13-6-4-9-17(20)14-23/h3-13,23H,2,14-15H2,1H3. The van der Waals surface area contributed by atoms with Crippen LogP contribution in [0.5, 0.6) is 5.75 Å². The summed E-state index contributed by atoms with van der Waals surface area (Å²) in [6.45, 7) is 2.30. The number of anilines is 1. The van der Waals surface area contributed by atoms with Gasteiger partial charge in [-0.25, -0.2) is 0 Å². The highest BCUT2D eigenvalue weighted by Crippen LogP contribution is 2.27. The highest BCUT2D eigenvalue weighted by molar-refractivity contribution is 6.04. The van der Waals surface area contributed by atoms with Gasteiger partial charge in [0.15, 0.2) is 6.61 Å². The van der Waals surface area contributed by atoms with Gasteiger partial charge >= 0.3 is 0 Å². The maximum Gasteiger partial charge on any atom is 0.264 e. The highest BCUT2D eigenvalue weighted by Gasteiger charge is 2.17. The summed E-state index contributed by atoms with van der Waals surface area (Å²) in [4.78, 5) is 14.5. The molecule has 3 aromatic rings. The monoisotopic (exact) mass is 335 g/mol. The van der Waals surface area contributed by atoms with Crippen LogP contribution in [0.25, 0.3) is 10.8 Å². The Morgan fingerprint density at radius 1 is 1.00 bits per heavy atom. The second kappa shape index (κ2) is 7.81. The molecule has 0 aliphatic heterocycles. The van der Waals surface area contributed by atoms with E-state index in [2.05, 4.69) is 0 Å². The van der Waals surface area contributed by atoms with Gasteiger partial charge in [0.1, 0.15) is 5.75 Å². The summed E-state index contributed by atoms with van der Waals surface area (Å²) >= 11 is 0. The molecule has 4 nitrogen and oxygen atoms in total. The van der Waals surface area contributed by atoms with E-state index in [1.165, 1.54) is 0 Å². The van der Waals surface area contributed by atoms with Crippen LogP contribution in [0.2, 0.25) is 0 Å². The topological polar surface area (TPSA) is 49.8 Å². The van der Waals surface area contributed by atoms with Crippen LogP contribution in [0, 0.1) is 0 Å². The fourth-order valence-electron chi connectivity index (χ4n) is 2.92. The van der Waals surface area contributed by atoms with E-state index in [4.69, 9.17) is 4.74 Å². The normalized spacial score (nSPS) is 10.6. The summed E-state index contributed by atoms with van der Waals surface area (Å²) in [7, 11) is 0. The number of fused-ring (bicyclic) bond motifs is 1. The molecule has 0 radical (unpaired) electrons. The molecule has 0 bridgehead atoms. The van der Waals surface area contributed by atoms with Gasteiger partial charge in [0.2, 0.25) is 0 Å². The Morgan fingerprint density at radius 2 is 1.72 bits per heavy atom. The molecule has 3 rings (SSSR count). The zero-order chi connectivity index (χ0) is 17.6. The van der Waals surface area contributed by atoms with Crippen molar-refractivity contribution in [2.45, 2.75) is 13.5 Å². The third-order valence-corrected chi connectivity index (χ3v) is 4.17. The van der Waals surface area contributed by atoms with Crippen molar-refractivity contribution in [3.05, 3.63) is 72.3 Å². The van der Waals surface area contributed by atoms with Crippen molar-refractivity contribution in [1.29, 1.82) is 0 Å². The Balaban J connectivity index is 1.82. The number of aliphatic hydroxyl groups is 1. The van der Waals surface area contributed by atoms with Crippen molar-refractivity contribution in [2.75, 3.05) is 18.1 Å². The van der Waals surface area contributed by atoms with Gasteiger partial charge in [-0.05, 0) is 24.4 Å². The van der Waals surface area contributed by atoms with E-state index in [0.29, 0.717) is 17.9 Å². The molecule has 0 fully saturated rings. The van der Waals surface area contributed by atoms with Crippen LogP contribution < -0.4 is 9.64 Å². The first-order valence-electron chi connectivity index (χ1n) is 8.34. The molecular weight excluding hydrogens is 314 g/mol. The van der Waals surface area contributed by atoms with Gasteiger partial charge < -0.3 is 14.7 Å². The van der Waals surface area contributed by atoms with Gasteiger partial charge in [0.25, 0.3) is 5.91 Å². The van der Waals surface area contributed by atoms with Crippen molar-refractivity contribution >= 4 is 22.4 Å². The van der Waals surface area contributed by atoms with E-state index >= 15 is 0 Å². The fourth-order valence-corrected chi connectivity index (χ4v) is 2.92. The summed E-state index contributed by atoms with van der Waals surface area (Å²) < 4.78 is 5.65. The maximum absolute atomic E-state index is 12.7. The molecule has 0 aromatic heterocycles. The minimum absolute atomic E-state index is 0.0753. The smallest absolute Gasteiger partial charge is 0.264 e. The molecule has 3 aromatic carbocycles. The summed E-state index contributed by atoms with van der Waals surface area (Å²) in [5, 5.41) is 11.5. The molecule has 0 heterocycles. The molecule has 128 valence electrons. The maximum atomic E-state index is 12.7. The fraction of sp³-hybridized carbons (Fsp3) is 0.190. The third kappa shape index (κ3) is 3.64. The van der Waals surface area contributed by atoms with Crippen molar-refractivity contribution < 1.29 is 14.6 Å². The lowest BCUT2D eigenvalue weighted by molar-refractivity contribution is -0.120. The first-order chi connectivity index (χ1) is 12.2. The van der Waals surface area contributed by atoms with E-state index in [1.54, 1.807) is 17.0 Å². The molecule has 0 unspecified atom stereocenters. The van der Waals surface area contributed by atoms with Crippen LogP contribution in [-0.2, 0) is 11.4 Å². The summed E-state index contributed by atoms with van der Waals surface area (Å²) in [6.07, 6.45) is 0. The van der Waals surface area contributed by atoms with E-state index in [-0.39, 0.29) is 19.1 Å². The van der Waals surface area contributed by atoms with Crippen molar-refractivity contribution in [3.63, 3.8) is 0 Å². The number of hydrogen-bond acceptors (Lipinski definition) is 3. The van der Waals surface area contributed by atoms with Crippen LogP contribution in [-0.4, -0.2) is 24.2 Å². The number of carbonyl (C=O) groups excluding carboxylic acids is 1. The number of likely N-dealkylation sites (N-methyl/N-ethyl adjacent to an activating group) is 1. The molecule has 1 amide bonds. The lowest BCUT2D eigenvalue weighted by atomic mass is 10.1. The molecule has 25 heavy (non-hydrogen) atoms. The molecular formula is C21H21NO3. The summed E-state index contributed by atoms with van der Waals surface area (Å²) in [6, 6.07) is 21.1. The van der Waals surface area contributed by atoms with Crippen molar-refractivity contribution in [2.24, 2.45) is 0 Å². The molecule has 0 aliphatic rings. The average molecular weight is 335 g/mol. The molecule has 0 atom stereocenters. The number of carbonyl (C=O) groups is 1. The van der Waals surface area contributed by atoms with Gasteiger partial charge in [-0.2, -0.15) is 0 Å². The lowest BCUT2D eigenvalue weighted by Gasteiger charge is -2.23. The number of benzene rings is 3. The van der Waals surface area contributed by atoms with Gasteiger partial charge in [-0.3, -0.25) is 4.79 Å². The summed E-state index contributed by atoms with van der Waals surface area (Å²) in [5.41, 5.74) is 1.55. The Morgan fingerprint density at radius 3 is 2.52 bits per heavy atom. The second-order valence-corrected chi connectivity index (χ2v) is 5.69. The number of rotatable bonds is 6. The zero-order valence-electron chi connectivity index (χ0n) is 14.2. The average Bonchev–Trinajstić information content (AvgIpc) is 2.67. The van der Waals surface area contributed by atoms with E-state index in [1.807, 2.05) is 61.5 Å². The number of ether oxygens (including phenoxy) is 1. The zero-order valence-corrected chi connectivity index (χ0v) is 14.2. The second-order valence-electron chi connectivity index (χ2n) is 5.69. The predicted octanol–water partition coefficient (Wildman–Crippen LogP) is 3.76. The minimum Gasteiger partial charge on any atom is -0.483 e. The van der Waals surface area contributed by atoms with E-state index in [9.17, 15) is 9.90 Å². The van der Waals surface area contributed by atoms with Crippen molar-refractivity contribution in [3.8, 4) is 5.75 Å². The van der Waals surface area contributed by atoms with Gasteiger partial charge in [0.05, 0.1) is 12.3 Å². The highest BCUT2D eigenvalue weighted by atomic mass is 16.5. The molecule has 0 spiro atoms. The van der Waals surface area contributed by atoms with E-state index in [0.717, 1.165) is 16.5 Å². The first kappa shape index (κ1) is 17.0. The number of aliphatic hydroxyl groups excluding tert-OH is 1. The van der Waals surface area contributed by atoms with Crippen molar-refractivity contribution in [1.82, 2.24) is 0 Å². The molecule has 0 saturated carbocycles. The SMILES string of the molecule is CCN(C(=O)COc1ccccc1CO)c1cccc2ccccc12. The molecule has 0 saturated heterocycles. The quantitative estimate of drug-likeness (QED) is 0.746. The third-order valence-electron chi connectivity index (χ3n) is 4.17. The van der Waals surface area contributed by atoms with Gasteiger partial charge in [-0.15, -0.1) is 0 Å². The lowest BCUT2D eigenvalue weighted by Crippen LogP contribution is -2.35. The number of hydrogen-bond donors (Lipinski definition) is 1. The van der Waals surface area contributed by atoms with E-state index < -0.39 is 0 Å². The van der Waals surface area contributed by atoms with Gasteiger partial charge in [-0.1, -0.05) is 54.6 Å². The summed E-state index contributed by atoms with van der Waals surface area (Å²) in [5.74, 6) is 0.416. The van der Waals surface area contributed by atoms with Crippen LogP contribution in [0.15, 0.2) is 66.7 Å². The van der Waals surface area contributed by atoms with Gasteiger partial charge in [0, 0.05) is 17.5 Å². The number of para-hydroxylation sites is 1. The van der Waals surface area contributed by atoms with Crippen LogP contribution in [0.1, 0.15) is 12.5 Å². The predicted molar refractivity (Wildman–Crippen MR) is 99.8 cm³/mol. The minimum atomic E-state index is -0.120. The Labute approximate surface area is 147 Å². The molecule has 4 heteroatoms. The Hall–Kier alpha value is -2.85. The van der Waals surface area contributed by atoms with Crippen LogP contribution in [0.4, 0.5) is 5.69 Å².